The van der Waals surface area contributed by atoms with E-state index >= 15 is 0 Å². The van der Waals surface area contributed by atoms with Crippen LogP contribution in [0.15, 0.2) is 42.5 Å². The molecular formula is C21H23N3O4. The second kappa shape index (κ2) is 8.31. The van der Waals surface area contributed by atoms with E-state index in [0.717, 1.165) is 5.56 Å². The summed E-state index contributed by atoms with van der Waals surface area (Å²) in [6.45, 7) is 6.39. The molecule has 28 heavy (non-hydrogen) atoms. The van der Waals surface area contributed by atoms with Gasteiger partial charge in [0.15, 0.2) is 5.92 Å². The maximum absolute atomic E-state index is 13.1. The average Bonchev–Trinajstić information content (AvgIpc) is 2.69. The fraction of sp³-hybridized carbons (Fsp3) is 0.333. The monoisotopic (exact) mass is 381 g/mol. The third-order valence-corrected chi connectivity index (χ3v) is 4.72. The highest BCUT2D eigenvalue weighted by atomic mass is 16.7. The summed E-state index contributed by atoms with van der Waals surface area (Å²) in [7, 11) is 0. The van der Waals surface area contributed by atoms with Gasteiger partial charge in [-0.05, 0) is 38.5 Å². The number of aryl methyl sites for hydroxylation is 1. The molecule has 0 radical (unpaired) electrons. The maximum Gasteiger partial charge on any atom is 0.286 e. The number of pyridine rings is 1. The summed E-state index contributed by atoms with van der Waals surface area (Å²) in [6.07, 6.45) is 0. The molecule has 1 aliphatic heterocycles. The predicted molar refractivity (Wildman–Crippen MR) is 102 cm³/mol. The van der Waals surface area contributed by atoms with Crippen LogP contribution in [0.3, 0.4) is 0 Å². The summed E-state index contributed by atoms with van der Waals surface area (Å²) in [5.74, 6) is -2.88. The molecule has 3 rings (SSSR count). The Morgan fingerprint density at radius 2 is 1.79 bits per heavy atom. The van der Waals surface area contributed by atoms with Crippen molar-refractivity contribution in [3.63, 3.8) is 0 Å². The van der Waals surface area contributed by atoms with Gasteiger partial charge in [0.2, 0.25) is 5.91 Å². The number of carbonyl (C=O) groups is 3. The third kappa shape index (κ3) is 3.66. The minimum atomic E-state index is -1.19. The van der Waals surface area contributed by atoms with Gasteiger partial charge in [-0.15, -0.1) is 5.06 Å². The summed E-state index contributed by atoms with van der Waals surface area (Å²) >= 11 is 0. The second-order valence-corrected chi connectivity index (χ2v) is 6.53. The van der Waals surface area contributed by atoms with Gasteiger partial charge in [-0.3, -0.25) is 24.2 Å². The normalized spacial score (nSPS) is 16.1. The van der Waals surface area contributed by atoms with Crippen molar-refractivity contribution in [2.45, 2.75) is 33.3 Å². The highest BCUT2D eigenvalue weighted by molar-refractivity contribution is 6.17. The Kier molecular flexibility index (Phi) is 5.84. The Balaban J connectivity index is 1.97. The summed E-state index contributed by atoms with van der Waals surface area (Å²) in [5, 5.41) is 0.707. The van der Waals surface area contributed by atoms with E-state index in [2.05, 4.69) is 4.98 Å². The Morgan fingerprint density at radius 3 is 2.43 bits per heavy atom. The quantitative estimate of drug-likeness (QED) is 0.567. The predicted octanol–water partition coefficient (Wildman–Crippen LogP) is 2.46. The standard InChI is InChI=1S/C21H23N3O4/c1-4-23(5-2)20(26)17-18-16(12-11-14(3)22-18)19(25)24(21(17)27)28-13-15-9-7-6-8-10-15/h6-12,17H,4-5,13H2,1-3H3. The number of hydrogen-bond donors (Lipinski definition) is 0. The SMILES string of the molecule is CCN(CC)C(=O)C1C(=O)N(OCc2ccccc2)C(=O)c2ccc(C)nc21. The molecule has 1 atom stereocenters. The van der Waals surface area contributed by atoms with E-state index in [-0.39, 0.29) is 23.8 Å². The van der Waals surface area contributed by atoms with Crippen LogP contribution in [0.25, 0.3) is 0 Å². The van der Waals surface area contributed by atoms with E-state index in [4.69, 9.17) is 4.84 Å². The first-order chi connectivity index (χ1) is 13.5. The van der Waals surface area contributed by atoms with Crippen molar-refractivity contribution >= 4 is 17.7 Å². The van der Waals surface area contributed by atoms with Crippen molar-refractivity contribution in [2.24, 2.45) is 0 Å². The number of imide groups is 1. The average molecular weight is 381 g/mol. The molecule has 0 N–H and O–H groups in total. The van der Waals surface area contributed by atoms with E-state index in [0.29, 0.717) is 23.8 Å². The van der Waals surface area contributed by atoms with E-state index in [1.807, 2.05) is 44.2 Å². The first kappa shape index (κ1) is 19.7. The van der Waals surface area contributed by atoms with Gasteiger partial charge in [0.1, 0.15) is 6.61 Å². The van der Waals surface area contributed by atoms with Crippen LogP contribution in [0.5, 0.6) is 0 Å². The number of amides is 3. The molecule has 0 saturated heterocycles. The zero-order valence-electron chi connectivity index (χ0n) is 16.2. The topological polar surface area (TPSA) is 79.8 Å². The summed E-state index contributed by atoms with van der Waals surface area (Å²) < 4.78 is 0. The molecule has 2 heterocycles. The first-order valence-electron chi connectivity index (χ1n) is 9.29. The summed E-state index contributed by atoms with van der Waals surface area (Å²) in [6, 6.07) is 12.5. The molecule has 0 saturated carbocycles. The number of hydroxylamine groups is 2. The molecule has 1 unspecified atom stereocenters. The molecule has 1 aliphatic rings. The van der Waals surface area contributed by atoms with Crippen molar-refractivity contribution in [2.75, 3.05) is 13.1 Å². The van der Waals surface area contributed by atoms with Crippen LogP contribution in [-0.2, 0) is 21.0 Å². The summed E-state index contributed by atoms with van der Waals surface area (Å²) in [4.78, 5) is 50.4. The van der Waals surface area contributed by atoms with Gasteiger partial charge in [0, 0.05) is 18.8 Å². The van der Waals surface area contributed by atoms with Gasteiger partial charge in [-0.1, -0.05) is 30.3 Å². The van der Waals surface area contributed by atoms with Crippen LogP contribution in [0.2, 0.25) is 0 Å². The maximum atomic E-state index is 13.1. The molecule has 0 fully saturated rings. The van der Waals surface area contributed by atoms with Crippen molar-refractivity contribution < 1.29 is 19.2 Å². The van der Waals surface area contributed by atoms with E-state index in [9.17, 15) is 14.4 Å². The van der Waals surface area contributed by atoms with Crippen LogP contribution in [0, 0.1) is 6.92 Å². The van der Waals surface area contributed by atoms with E-state index in [1.54, 1.807) is 24.0 Å². The third-order valence-electron chi connectivity index (χ3n) is 4.72. The number of nitrogens with zero attached hydrogens (tertiary/aromatic N) is 3. The molecule has 0 spiro atoms. The van der Waals surface area contributed by atoms with Gasteiger partial charge in [0.25, 0.3) is 11.8 Å². The minimum Gasteiger partial charge on any atom is -0.342 e. The summed E-state index contributed by atoms with van der Waals surface area (Å²) in [5.41, 5.74) is 1.85. The zero-order valence-corrected chi connectivity index (χ0v) is 16.2. The van der Waals surface area contributed by atoms with Crippen LogP contribution in [-0.4, -0.2) is 45.8 Å². The number of rotatable bonds is 6. The molecule has 0 bridgehead atoms. The second-order valence-electron chi connectivity index (χ2n) is 6.53. The molecule has 7 heteroatoms. The Morgan fingerprint density at radius 1 is 1.11 bits per heavy atom. The number of benzene rings is 1. The molecule has 0 aliphatic carbocycles. The van der Waals surface area contributed by atoms with Crippen molar-refractivity contribution in [1.82, 2.24) is 14.9 Å². The lowest BCUT2D eigenvalue weighted by molar-refractivity contribution is -0.178. The van der Waals surface area contributed by atoms with Gasteiger partial charge >= 0.3 is 0 Å². The van der Waals surface area contributed by atoms with Crippen LogP contribution < -0.4 is 0 Å². The molecule has 146 valence electrons. The van der Waals surface area contributed by atoms with Crippen molar-refractivity contribution in [3.8, 4) is 0 Å². The Bertz CT molecular complexity index is 894. The molecule has 2 aromatic rings. The Hall–Kier alpha value is -3.06. The molecular weight excluding hydrogens is 358 g/mol. The first-order valence-corrected chi connectivity index (χ1v) is 9.29. The minimum absolute atomic E-state index is 0.0408. The number of hydrogen-bond acceptors (Lipinski definition) is 5. The molecule has 1 aromatic heterocycles. The largest absolute Gasteiger partial charge is 0.342 e. The lowest BCUT2D eigenvalue weighted by Crippen LogP contribution is -2.50. The van der Waals surface area contributed by atoms with E-state index in [1.165, 1.54) is 0 Å². The van der Waals surface area contributed by atoms with Gasteiger partial charge < -0.3 is 4.90 Å². The number of carbonyl (C=O) groups excluding carboxylic acids is 3. The fourth-order valence-electron chi connectivity index (χ4n) is 3.20. The number of fused-ring (bicyclic) bond motifs is 1. The van der Waals surface area contributed by atoms with E-state index < -0.39 is 17.7 Å². The lowest BCUT2D eigenvalue weighted by atomic mass is 9.92. The van der Waals surface area contributed by atoms with Gasteiger partial charge in [-0.2, -0.15) is 0 Å². The van der Waals surface area contributed by atoms with Crippen molar-refractivity contribution in [3.05, 3.63) is 65.0 Å². The van der Waals surface area contributed by atoms with Gasteiger partial charge in [0.05, 0.1) is 11.3 Å². The van der Waals surface area contributed by atoms with Crippen LogP contribution in [0.1, 0.15) is 47.1 Å². The lowest BCUT2D eigenvalue weighted by Gasteiger charge is -2.32. The zero-order chi connectivity index (χ0) is 20.3. The molecule has 1 aromatic carbocycles. The van der Waals surface area contributed by atoms with Gasteiger partial charge in [-0.25, -0.2) is 0 Å². The van der Waals surface area contributed by atoms with Crippen LogP contribution in [0.4, 0.5) is 0 Å². The number of aromatic nitrogens is 1. The molecule has 7 nitrogen and oxygen atoms in total. The van der Waals surface area contributed by atoms with Crippen molar-refractivity contribution in [1.29, 1.82) is 0 Å². The fourth-order valence-corrected chi connectivity index (χ4v) is 3.20. The number of likely N-dealkylation sites (N-methyl/N-ethyl adjacent to an activating group) is 1. The Labute approximate surface area is 163 Å². The van der Waals surface area contributed by atoms with Crippen LogP contribution >= 0.6 is 0 Å². The smallest absolute Gasteiger partial charge is 0.286 e. The highest BCUT2D eigenvalue weighted by Gasteiger charge is 2.46. The highest BCUT2D eigenvalue weighted by Crippen LogP contribution is 2.30. The molecule has 3 amide bonds.